The predicted molar refractivity (Wildman–Crippen MR) is 58.5 cm³/mol. The van der Waals surface area contributed by atoms with E-state index in [1.165, 1.54) is 0 Å². The Morgan fingerprint density at radius 1 is 1.33 bits per heavy atom. The third-order valence-electron chi connectivity index (χ3n) is 2.05. The number of aliphatic carboxylic acids is 1. The summed E-state index contributed by atoms with van der Waals surface area (Å²) in [5.41, 5.74) is 0. The first-order valence-electron chi connectivity index (χ1n) is 5.04. The van der Waals surface area contributed by atoms with Crippen LogP contribution >= 0.6 is 0 Å². The molecule has 0 aliphatic heterocycles. The van der Waals surface area contributed by atoms with Gasteiger partial charge in [0.1, 0.15) is 0 Å². The van der Waals surface area contributed by atoms with Crippen LogP contribution in [-0.4, -0.2) is 72.9 Å². The molecule has 0 saturated heterocycles. The lowest BCUT2D eigenvalue weighted by atomic mass is 10.4. The van der Waals surface area contributed by atoms with Crippen LogP contribution in [0.2, 0.25) is 0 Å². The van der Waals surface area contributed by atoms with Crippen LogP contribution in [0.3, 0.4) is 0 Å². The summed E-state index contributed by atoms with van der Waals surface area (Å²) < 4.78 is 49.1. The number of halogens is 2. The zero-order valence-electron chi connectivity index (χ0n) is 9.79. The zero-order valence-corrected chi connectivity index (χ0v) is 10.6. The second-order valence-corrected chi connectivity index (χ2v) is 5.48. The Labute approximate surface area is 104 Å². The number of carboxylic acid groups (broad SMARTS) is 1. The van der Waals surface area contributed by atoms with Crippen molar-refractivity contribution < 1.29 is 32.2 Å². The van der Waals surface area contributed by atoms with E-state index in [4.69, 9.17) is 10.2 Å². The SMILES string of the molecule is CN(CCC(=O)O)S(=O)(=O)N(CCO)CC(F)F. The minimum Gasteiger partial charge on any atom is -0.481 e. The van der Waals surface area contributed by atoms with Crippen molar-refractivity contribution in [3.63, 3.8) is 0 Å². The van der Waals surface area contributed by atoms with Crippen LogP contribution in [0.25, 0.3) is 0 Å². The quantitative estimate of drug-likeness (QED) is 0.579. The van der Waals surface area contributed by atoms with Gasteiger partial charge in [-0.25, -0.2) is 8.78 Å². The molecular formula is C8H16F2N2O5S. The Balaban J connectivity index is 4.76. The highest BCUT2D eigenvalue weighted by Crippen LogP contribution is 2.09. The second kappa shape index (κ2) is 7.56. The highest BCUT2D eigenvalue weighted by Gasteiger charge is 2.29. The number of aliphatic hydroxyl groups is 1. The molecule has 108 valence electrons. The molecule has 0 aliphatic rings. The summed E-state index contributed by atoms with van der Waals surface area (Å²) in [6, 6.07) is 0. The fourth-order valence-corrected chi connectivity index (χ4v) is 2.46. The number of hydrogen-bond acceptors (Lipinski definition) is 4. The van der Waals surface area contributed by atoms with Gasteiger partial charge in [-0.15, -0.1) is 0 Å². The second-order valence-electron chi connectivity index (χ2n) is 3.45. The van der Waals surface area contributed by atoms with Gasteiger partial charge in [-0.1, -0.05) is 0 Å². The smallest absolute Gasteiger partial charge is 0.304 e. The van der Waals surface area contributed by atoms with Gasteiger partial charge in [-0.3, -0.25) is 4.79 Å². The summed E-state index contributed by atoms with van der Waals surface area (Å²) in [5, 5.41) is 17.1. The van der Waals surface area contributed by atoms with Crippen molar-refractivity contribution in [1.82, 2.24) is 8.61 Å². The van der Waals surface area contributed by atoms with E-state index in [0.717, 1.165) is 7.05 Å². The van der Waals surface area contributed by atoms with E-state index in [1.54, 1.807) is 0 Å². The number of alkyl halides is 2. The molecule has 0 saturated carbocycles. The molecule has 0 rings (SSSR count). The van der Waals surface area contributed by atoms with Crippen molar-refractivity contribution in [3.8, 4) is 0 Å². The van der Waals surface area contributed by atoms with Crippen molar-refractivity contribution in [2.24, 2.45) is 0 Å². The molecule has 0 amide bonds. The van der Waals surface area contributed by atoms with Crippen LogP contribution < -0.4 is 0 Å². The summed E-state index contributed by atoms with van der Waals surface area (Å²) in [4.78, 5) is 10.3. The fraction of sp³-hybridized carbons (Fsp3) is 0.875. The Bertz CT molecular complexity index is 362. The number of carboxylic acids is 1. The molecule has 0 aromatic heterocycles. The van der Waals surface area contributed by atoms with E-state index in [9.17, 15) is 22.0 Å². The monoisotopic (exact) mass is 290 g/mol. The Hall–Kier alpha value is -0.840. The first-order chi connectivity index (χ1) is 8.21. The lowest BCUT2D eigenvalue weighted by Crippen LogP contribution is -2.45. The molecule has 0 aromatic carbocycles. The molecule has 0 unspecified atom stereocenters. The summed E-state index contributed by atoms with van der Waals surface area (Å²) >= 11 is 0. The van der Waals surface area contributed by atoms with E-state index < -0.39 is 48.7 Å². The molecule has 2 N–H and O–H groups in total. The van der Waals surface area contributed by atoms with Crippen LogP contribution in [0, 0.1) is 0 Å². The van der Waals surface area contributed by atoms with Gasteiger partial charge in [0.2, 0.25) is 0 Å². The maximum Gasteiger partial charge on any atom is 0.304 e. The normalized spacial score (nSPS) is 12.6. The van der Waals surface area contributed by atoms with Gasteiger partial charge in [0.05, 0.1) is 19.6 Å². The van der Waals surface area contributed by atoms with Crippen LogP contribution in [0.4, 0.5) is 8.78 Å². The van der Waals surface area contributed by atoms with E-state index in [1.807, 2.05) is 0 Å². The lowest BCUT2D eigenvalue weighted by Gasteiger charge is -2.26. The molecule has 7 nitrogen and oxygen atoms in total. The van der Waals surface area contributed by atoms with E-state index in [0.29, 0.717) is 8.61 Å². The Morgan fingerprint density at radius 2 is 1.89 bits per heavy atom. The molecule has 0 bridgehead atoms. The molecule has 0 fully saturated rings. The van der Waals surface area contributed by atoms with Gasteiger partial charge in [0, 0.05) is 20.1 Å². The van der Waals surface area contributed by atoms with Gasteiger partial charge < -0.3 is 10.2 Å². The fourth-order valence-electron chi connectivity index (χ4n) is 1.13. The largest absolute Gasteiger partial charge is 0.481 e. The molecule has 0 aliphatic carbocycles. The number of aliphatic hydroxyl groups excluding tert-OH is 1. The van der Waals surface area contributed by atoms with Crippen molar-refractivity contribution in [2.45, 2.75) is 12.8 Å². The third kappa shape index (κ3) is 5.67. The topological polar surface area (TPSA) is 98.2 Å². The highest BCUT2D eigenvalue weighted by atomic mass is 32.2. The maximum absolute atomic E-state index is 12.2. The van der Waals surface area contributed by atoms with E-state index >= 15 is 0 Å². The summed E-state index contributed by atoms with van der Waals surface area (Å²) in [5.74, 6) is -1.19. The number of carbonyl (C=O) groups is 1. The Kier molecular flexibility index (Phi) is 7.21. The molecule has 18 heavy (non-hydrogen) atoms. The van der Waals surface area contributed by atoms with E-state index in [2.05, 4.69) is 0 Å². The molecule has 0 atom stereocenters. The minimum absolute atomic E-state index is 0.331. The van der Waals surface area contributed by atoms with Crippen molar-refractivity contribution >= 4 is 16.2 Å². The van der Waals surface area contributed by atoms with Gasteiger partial charge in [0.15, 0.2) is 0 Å². The lowest BCUT2D eigenvalue weighted by molar-refractivity contribution is -0.137. The maximum atomic E-state index is 12.2. The first-order valence-corrected chi connectivity index (χ1v) is 6.43. The van der Waals surface area contributed by atoms with Crippen LogP contribution in [0.1, 0.15) is 6.42 Å². The minimum atomic E-state index is -4.19. The number of rotatable bonds is 9. The summed E-state index contributed by atoms with van der Waals surface area (Å²) in [6.07, 6.45) is -3.31. The average Bonchev–Trinajstić information content (AvgIpc) is 2.24. The first kappa shape index (κ1) is 17.2. The molecule has 0 aromatic rings. The highest BCUT2D eigenvalue weighted by molar-refractivity contribution is 7.86. The molecular weight excluding hydrogens is 274 g/mol. The Morgan fingerprint density at radius 3 is 2.28 bits per heavy atom. The van der Waals surface area contributed by atoms with Crippen molar-refractivity contribution in [3.05, 3.63) is 0 Å². The van der Waals surface area contributed by atoms with E-state index in [-0.39, 0.29) is 6.54 Å². The van der Waals surface area contributed by atoms with Gasteiger partial charge in [-0.05, 0) is 0 Å². The van der Waals surface area contributed by atoms with Gasteiger partial charge in [-0.2, -0.15) is 17.0 Å². The van der Waals surface area contributed by atoms with Crippen LogP contribution in [0.5, 0.6) is 0 Å². The molecule has 10 heteroatoms. The number of hydrogen-bond donors (Lipinski definition) is 2. The third-order valence-corrected chi connectivity index (χ3v) is 4.01. The van der Waals surface area contributed by atoms with Crippen LogP contribution in [-0.2, 0) is 15.0 Å². The summed E-state index contributed by atoms with van der Waals surface area (Å²) in [6.45, 7) is -2.44. The average molecular weight is 290 g/mol. The standard InChI is InChI=1S/C8H16F2N2O5S/c1-11(3-2-8(14)15)18(16,17)12(4-5-13)6-7(9)10/h7,13H,2-6H2,1H3,(H,14,15). The van der Waals surface area contributed by atoms with Crippen molar-refractivity contribution in [1.29, 1.82) is 0 Å². The molecule has 0 spiro atoms. The zero-order chi connectivity index (χ0) is 14.3. The molecule has 0 heterocycles. The number of nitrogens with zero attached hydrogens (tertiary/aromatic N) is 2. The molecule has 0 radical (unpaired) electrons. The predicted octanol–water partition coefficient (Wildman–Crippen LogP) is -0.803. The van der Waals surface area contributed by atoms with Crippen molar-refractivity contribution in [2.75, 3.05) is 33.3 Å². The van der Waals surface area contributed by atoms with Gasteiger partial charge in [0.25, 0.3) is 16.6 Å². The van der Waals surface area contributed by atoms with Gasteiger partial charge >= 0.3 is 5.97 Å². The van der Waals surface area contributed by atoms with Crippen LogP contribution in [0.15, 0.2) is 0 Å². The summed E-state index contributed by atoms with van der Waals surface area (Å²) in [7, 11) is -3.10.